The van der Waals surface area contributed by atoms with E-state index in [9.17, 15) is 5.21 Å². The van der Waals surface area contributed by atoms with Crippen LogP contribution in [0.15, 0.2) is 50.8 Å². The van der Waals surface area contributed by atoms with Crippen LogP contribution >= 0.6 is 0 Å². The van der Waals surface area contributed by atoms with E-state index in [1.807, 2.05) is 24.3 Å². The van der Waals surface area contributed by atoms with Gasteiger partial charge in [-0.2, -0.15) is 0 Å². The summed E-state index contributed by atoms with van der Waals surface area (Å²) in [5, 5.41) is 16.6. The van der Waals surface area contributed by atoms with E-state index >= 15 is 0 Å². The Hall–Kier alpha value is -2.01. The van der Waals surface area contributed by atoms with E-state index < -0.39 is 0 Å². The second-order valence-corrected chi connectivity index (χ2v) is 5.42. The molecule has 0 aliphatic carbocycles. The Labute approximate surface area is 123 Å². The van der Waals surface area contributed by atoms with Gasteiger partial charge in [-0.15, -0.1) is 0 Å². The summed E-state index contributed by atoms with van der Waals surface area (Å²) >= 11 is 0. The molecule has 2 aromatic heterocycles. The van der Waals surface area contributed by atoms with E-state index in [0.29, 0.717) is 6.42 Å². The van der Waals surface area contributed by atoms with Crippen molar-refractivity contribution in [2.75, 3.05) is 0 Å². The Morgan fingerprint density at radius 3 is 2.52 bits per heavy atom. The minimum Gasteiger partial charge on any atom is -0.468 e. The summed E-state index contributed by atoms with van der Waals surface area (Å²) < 4.78 is 11.1. The number of furan rings is 2. The van der Waals surface area contributed by atoms with Crippen LogP contribution in [0.3, 0.4) is 0 Å². The fourth-order valence-electron chi connectivity index (χ4n) is 3.12. The lowest BCUT2D eigenvalue weighted by atomic mass is 9.81. The van der Waals surface area contributed by atoms with Crippen LogP contribution in [-0.4, -0.2) is 10.9 Å². The summed E-state index contributed by atoms with van der Waals surface area (Å²) in [6.45, 7) is 2.13. The molecule has 0 saturated carbocycles. The molecule has 21 heavy (non-hydrogen) atoms. The van der Waals surface area contributed by atoms with Gasteiger partial charge in [-0.25, -0.2) is 0 Å². The molecule has 2 N–H and O–H groups in total. The van der Waals surface area contributed by atoms with Gasteiger partial charge in [-0.3, -0.25) is 5.32 Å². The third-order valence-electron chi connectivity index (χ3n) is 4.09. The molecule has 2 aromatic rings. The Kier molecular flexibility index (Phi) is 4.10. The SMILES string of the molecule is CCCC1/C(=N/O)CC(c2ccco2)NC1c1ccco1. The second-order valence-electron chi connectivity index (χ2n) is 5.42. The van der Waals surface area contributed by atoms with Gasteiger partial charge >= 0.3 is 0 Å². The molecule has 3 rings (SSSR count). The van der Waals surface area contributed by atoms with Gasteiger partial charge in [0.2, 0.25) is 0 Å². The molecule has 3 unspecified atom stereocenters. The smallest absolute Gasteiger partial charge is 0.121 e. The maximum Gasteiger partial charge on any atom is 0.121 e. The largest absolute Gasteiger partial charge is 0.468 e. The number of rotatable bonds is 4. The van der Waals surface area contributed by atoms with Crippen LogP contribution in [0.1, 0.15) is 49.8 Å². The Morgan fingerprint density at radius 1 is 1.24 bits per heavy atom. The van der Waals surface area contributed by atoms with Crippen molar-refractivity contribution >= 4 is 5.71 Å². The number of hydrogen-bond acceptors (Lipinski definition) is 5. The lowest BCUT2D eigenvalue weighted by molar-refractivity contribution is 0.253. The number of piperidine rings is 1. The first-order valence-electron chi connectivity index (χ1n) is 7.37. The average molecular weight is 288 g/mol. The quantitative estimate of drug-likeness (QED) is 0.661. The van der Waals surface area contributed by atoms with Crippen LogP contribution in [-0.2, 0) is 0 Å². The lowest BCUT2D eigenvalue weighted by Gasteiger charge is -2.36. The minimum atomic E-state index is -0.00546. The van der Waals surface area contributed by atoms with Crippen LogP contribution in [0.2, 0.25) is 0 Å². The van der Waals surface area contributed by atoms with Gasteiger partial charge in [-0.05, 0) is 30.7 Å². The molecule has 3 atom stereocenters. The monoisotopic (exact) mass is 288 g/mol. The van der Waals surface area contributed by atoms with Crippen LogP contribution < -0.4 is 5.32 Å². The van der Waals surface area contributed by atoms with E-state index in [2.05, 4.69) is 17.4 Å². The van der Waals surface area contributed by atoms with Crippen molar-refractivity contribution in [3.63, 3.8) is 0 Å². The zero-order chi connectivity index (χ0) is 14.7. The fourth-order valence-corrected chi connectivity index (χ4v) is 3.12. The lowest BCUT2D eigenvalue weighted by Crippen LogP contribution is -2.42. The summed E-state index contributed by atoms with van der Waals surface area (Å²) in [6.07, 6.45) is 5.95. The van der Waals surface area contributed by atoms with Gasteiger partial charge in [0.25, 0.3) is 0 Å². The highest BCUT2D eigenvalue weighted by Gasteiger charge is 2.38. The highest BCUT2D eigenvalue weighted by molar-refractivity contribution is 5.88. The first-order valence-corrected chi connectivity index (χ1v) is 7.37. The summed E-state index contributed by atoms with van der Waals surface area (Å²) in [7, 11) is 0. The van der Waals surface area contributed by atoms with Crippen LogP contribution in [0, 0.1) is 5.92 Å². The molecule has 112 valence electrons. The fraction of sp³-hybridized carbons (Fsp3) is 0.438. The van der Waals surface area contributed by atoms with Crippen LogP contribution in [0.5, 0.6) is 0 Å². The van der Waals surface area contributed by atoms with Crippen molar-refractivity contribution in [2.24, 2.45) is 11.1 Å². The van der Waals surface area contributed by atoms with Gasteiger partial charge in [0.15, 0.2) is 0 Å². The number of oxime groups is 1. The van der Waals surface area contributed by atoms with Gasteiger partial charge in [0.05, 0.1) is 30.3 Å². The second kappa shape index (κ2) is 6.18. The van der Waals surface area contributed by atoms with Crippen molar-refractivity contribution in [2.45, 2.75) is 38.3 Å². The van der Waals surface area contributed by atoms with Gasteiger partial charge in [0, 0.05) is 12.3 Å². The molecule has 1 aliphatic heterocycles. The van der Waals surface area contributed by atoms with Crippen molar-refractivity contribution in [1.29, 1.82) is 0 Å². The maximum absolute atomic E-state index is 9.42. The van der Waals surface area contributed by atoms with Crippen LogP contribution in [0.4, 0.5) is 0 Å². The molecule has 1 fully saturated rings. The van der Waals surface area contributed by atoms with Gasteiger partial charge < -0.3 is 14.0 Å². The van der Waals surface area contributed by atoms with Crippen LogP contribution in [0.25, 0.3) is 0 Å². The summed E-state index contributed by atoms with van der Waals surface area (Å²) in [5.74, 6) is 1.85. The predicted molar refractivity (Wildman–Crippen MR) is 78.3 cm³/mol. The zero-order valence-corrected chi connectivity index (χ0v) is 12.0. The topological polar surface area (TPSA) is 70.9 Å². The van der Waals surface area contributed by atoms with E-state index in [4.69, 9.17) is 8.83 Å². The normalized spacial score (nSPS) is 28.0. The highest BCUT2D eigenvalue weighted by Crippen LogP contribution is 2.38. The zero-order valence-electron chi connectivity index (χ0n) is 12.0. The average Bonchev–Trinajstić information content (AvgIpc) is 3.21. The molecule has 1 aliphatic rings. The summed E-state index contributed by atoms with van der Waals surface area (Å²) in [4.78, 5) is 0. The molecule has 5 nitrogen and oxygen atoms in total. The van der Waals surface area contributed by atoms with Gasteiger partial charge in [0.1, 0.15) is 11.5 Å². The first kappa shape index (κ1) is 13.9. The third kappa shape index (κ3) is 2.74. The van der Waals surface area contributed by atoms with E-state index in [1.165, 1.54) is 0 Å². The molecule has 0 amide bonds. The molecule has 0 spiro atoms. The van der Waals surface area contributed by atoms with Crippen molar-refractivity contribution in [1.82, 2.24) is 5.32 Å². The summed E-state index contributed by atoms with van der Waals surface area (Å²) in [6, 6.07) is 7.63. The summed E-state index contributed by atoms with van der Waals surface area (Å²) in [5.41, 5.74) is 0.804. The maximum atomic E-state index is 9.42. The molecular formula is C16H20N2O3. The van der Waals surface area contributed by atoms with Crippen molar-refractivity contribution in [3.8, 4) is 0 Å². The van der Waals surface area contributed by atoms with E-state index in [1.54, 1.807) is 12.5 Å². The minimum absolute atomic E-state index is 0.00491. The molecule has 1 saturated heterocycles. The van der Waals surface area contributed by atoms with Gasteiger partial charge in [-0.1, -0.05) is 18.5 Å². The highest BCUT2D eigenvalue weighted by atomic mass is 16.4. The predicted octanol–water partition coefficient (Wildman–Crippen LogP) is 3.89. The number of nitrogens with one attached hydrogen (secondary N) is 1. The molecule has 0 radical (unpaired) electrons. The third-order valence-corrected chi connectivity index (χ3v) is 4.09. The van der Waals surface area contributed by atoms with E-state index in [-0.39, 0.29) is 18.0 Å². The Morgan fingerprint density at radius 2 is 1.95 bits per heavy atom. The first-order chi connectivity index (χ1) is 10.3. The number of hydrogen-bond donors (Lipinski definition) is 2. The molecule has 0 bridgehead atoms. The van der Waals surface area contributed by atoms with Crippen molar-refractivity contribution < 1.29 is 14.0 Å². The van der Waals surface area contributed by atoms with E-state index in [0.717, 1.165) is 30.1 Å². The Bertz CT molecular complexity index is 575. The van der Waals surface area contributed by atoms with Crippen molar-refractivity contribution in [3.05, 3.63) is 48.3 Å². The standard InChI is InChI=1S/C16H20N2O3/c1-2-5-11-12(18-19)10-13(14-6-3-8-20-14)17-16(11)15-7-4-9-21-15/h3-4,6-9,11,13,16-17,19H,2,5,10H2,1H3/b18-12+. The number of nitrogens with zero attached hydrogens (tertiary/aromatic N) is 1. The molecule has 5 heteroatoms. The molecular weight excluding hydrogens is 268 g/mol. The molecule has 0 aromatic carbocycles. The molecule has 3 heterocycles. The Balaban J connectivity index is 1.92.